The maximum absolute atomic E-state index is 11.0. The van der Waals surface area contributed by atoms with Gasteiger partial charge in [-0.1, -0.05) is 0 Å². The van der Waals surface area contributed by atoms with Crippen molar-refractivity contribution in [2.75, 3.05) is 13.7 Å². The number of ether oxygens (including phenoxy) is 2. The molecule has 6 heteroatoms. The summed E-state index contributed by atoms with van der Waals surface area (Å²) in [6, 6.07) is -0.943. The van der Waals surface area contributed by atoms with E-state index in [1.807, 2.05) is 0 Å². The zero-order valence-corrected chi connectivity index (χ0v) is 8.33. The van der Waals surface area contributed by atoms with E-state index < -0.39 is 23.9 Å². The van der Waals surface area contributed by atoms with E-state index in [0.717, 1.165) is 0 Å². The zero-order chi connectivity index (χ0) is 11.1. The molecule has 1 amide bonds. The lowest BCUT2D eigenvalue weighted by Gasteiger charge is -2.14. The Morgan fingerprint density at radius 1 is 1.29 bits per heavy atom. The predicted octanol–water partition coefficient (Wildman–Crippen LogP) is -0.773. The van der Waals surface area contributed by atoms with Crippen LogP contribution in [0, 0.1) is 0 Å². The number of carbonyl (C=O) groups excluding carboxylic acids is 3. The van der Waals surface area contributed by atoms with Gasteiger partial charge in [0.05, 0.1) is 7.11 Å². The van der Waals surface area contributed by atoms with Crippen LogP contribution in [-0.2, 0) is 23.9 Å². The molecule has 0 saturated heterocycles. The van der Waals surface area contributed by atoms with Crippen molar-refractivity contribution in [3.8, 4) is 0 Å². The maximum Gasteiger partial charge on any atom is 0.331 e. The summed E-state index contributed by atoms with van der Waals surface area (Å²) in [4.78, 5) is 32.1. The summed E-state index contributed by atoms with van der Waals surface area (Å²) in [6.07, 6.45) is 0. The molecule has 0 radical (unpaired) electrons. The van der Waals surface area contributed by atoms with Crippen molar-refractivity contribution in [3.63, 3.8) is 0 Å². The molecule has 0 fully saturated rings. The van der Waals surface area contributed by atoms with Crippen LogP contribution in [0.15, 0.2) is 0 Å². The molecule has 0 rings (SSSR count). The van der Waals surface area contributed by atoms with Crippen molar-refractivity contribution in [1.29, 1.82) is 0 Å². The van der Waals surface area contributed by atoms with Gasteiger partial charge in [-0.25, -0.2) is 4.79 Å². The van der Waals surface area contributed by atoms with Crippen LogP contribution in [0.4, 0.5) is 0 Å². The van der Waals surface area contributed by atoms with Gasteiger partial charge in [-0.3, -0.25) is 9.59 Å². The molecule has 0 aliphatic carbocycles. The normalized spacial score (nSPS) is 11.4. The van der Waals surface area contributed by atoms with E-state index in [1.54, 1.807) is 0 Å². The number of amides is 1. The highest BCUT2D eigenvalue weighted by atomic mass is 16.5. The highest BCUT2D eigenvalue weighted by Crippen LogP contribution is 1.91. The molecule has 0 aromatic heterocycles. The van der Waals surface area contributed by atoms with Crippen LogP contribution >= 0.6 is 0 Å². The van der Waals surface area contributed by atoms with Gasteiger partial charge in [0, 0.05) is 13.8 Å². The third-order valence-electron chi connectivity index (χ3n) is 1.32. The van der Waals surface area contributed by atoms with Crippen molar-refractivity contribution in [3.05, 3.63) is 0 Å². The number of nitrogens with one attached hydrogen (secondary N) is 1. The van der Waals surface area contributed by atoms with Crippen LogP contribution in [0.5, 0.6) is 0 Å². The zero-order valence-electron chi connectivity index (χ0n) is 8.33. The van der Waals surface area contributed by atoms with Crippen LogP contribution < -0.4 is 5.32 Å². The number of methoxy groups -OCH3 is 1. The van der Waals surface area contributed by atoms with Crippen LogP contribution in [0.25, 0.3) is 0 Å². The first-order valence-electron chi connectivity index (χ1n) is 3.95. The largest absolute Gasteiger partial charge is 0.467 e. The molecule has 14 heavy (non-hydrogen) atoms. The lowest BCUT2D eigenvalue weighted by Crippen LogP contribution is -2.44. The van der Waals surface area contributed by atoms with E-state index in [1.165, 1.54) is 21.0 Å². The average molecular weight is 203 g/mol. The number of rotatable bonds is 4. The molecule has 1 unspecified atom stereocenters. The Balaban J connectivity index is 4.17. The smallest absolute Gasteiger partial charge is 0.331 e. The molecule has 80 valence electrons. The quantitative estimate of drug-likeness (QED) is 0.606. The second kappa shape index (κ2) is 5.95. The van der Waals surface area contributed by atoms with Crippen LogP contribution in [0.1, 0.15) is 13.8 Å². The lowest BCUT2D eigenvalue weighted by atomic mass is 10.3. The Morgan fingerprint density at radius 3 is 2.21 bits per heavy atom. The minimum absolute atomic E-state index is 0.221. The molecule has 0 bridgehead atoms. The standard InChI is InChI=1S/C8H13NO5/c1-5(10)9-7(8(12)13-3)4-14-6(2)11/h7H,4H2,1-3H3,(H,9,10). The fourth-order valence-electron chi connectivity index (χ4n) is 0.757. The fraction of sp³-hybridized carbons (Fsp3) is 0.625. The molecular weight excluding hydrogens is 190 g/mol. The third kappa shape index (κ3) is 5.13. The van der Waals surface area contributed by atoms with E-state index >= 15 is 0 Å². The van der Waals surface area contributed by atoms with Gasteiger partial charge < -0.3 is 14.8 Å². The summed E-state index contributed by atoms with van der Waals surface area (Å²) in [5.41, 5.74) is 0. The van der Waals surface area contributed by atoms with E-state index in [9.17, 15) is 14.4 Å². The fourth-order valence-corrected chi connectivity index (χ4v) is 0.757. The number of esters is 2. The Bertz CT molecular complexity index is 238. The van der Waals surface area contributed by atoms with Gasteiger partial charge in [0.1, 0.15) is 6.61 Å². The minimum atomic E-state index is -0.943. The molecule has 0 aliphatic heterocycles. The van der Waals surface area contributed by atoms with Gasteiger partial charge >= 0.3 is 11.9 Å². The molecule has 0 aromatic carbocycles. The molecule has 1 atom stereocenters. The molecule has 6 nitrogen and oxygen atoms in total. The average Bonchev–Trinajstić information content (AvgIpc) is 2.10. The summed E-state index contributed by atoms with van der Waals surface area (Å²) in [5, 5.41) is 2.30. The first-order chi connectivity index (χ1) is 6.47. The van der Waals surface area contributed by atoms with Crippen molar-refractivity contribution in [1.82, 2.24) is 5.32 Å². The van der Waals surface area contributed by atoms with Gasteiger partial charge in [-0.05, 0) is 0 Å². The SMILES string of the molecule is COC(=O)C(COC(C)=O)NC(C)=O. The molecule has 0 aliphatic rings. The Morgan fingerprint density at radius 2 is 1.86 bits per heavy atom. The van der Waals surface area contributed by atoms with Crippen LogP contribution in [0.3, 0.4) is 0 Å². The van der Waals surface area contributed by atoms with E-state index in [-0.39, 0.29) is 6.61 Å². The van der Waals surface area contributed by atoms with Gasteiger partial charge in [-0.15, -0.1) is 0 Å². The topological polar surface area (TPSA) is 81.7 Å². The molecule has 0 saturated carbocycles. The third-order valence-corrected chi connectivity index (χ3v) is 1.32. The Hall–Kier alpha value is -1.59. The maximum atomic E-state index is 11.0. The summed E-state index contributed by atoms with van der Waals surface area (Å²) in [5.74, 6) is -1.57. The van der Waals surface area contributed by atoms with Crippen molar-refractivity contribution >= 4 is 17.8 Å². The predicted molar refractivity (Wildman–Crippen MR) is 46.3 cm³/mol. The van der Waals surface area contributed by atoms with E-state index in [4.69, 9.17) is 0 Å². The number of hydrogen-bond donors (Lipinski definition) is 1. The molecule has 0 heterocycles. The summed E-state index contributed by atoms with van der Waals surface area (Å²) in [6.45, 7) is 2.24. The minimum Gasteiger partial charge on any atom is -0.467 e. The molecule has 0 spiro atoms. The molecular formula is C8H13NO5. The van der Waals surface area contributed by atoms with Crippen molar-refractivity contribution in [2.24, 2.45) is 0 Å². The summed E-state index contributed by atoms with van der Waals surface area (Å²) >= 11 is 0. The second-order valence-corrected chi connectivity index (χ2v) is 2.58. The van der Waals surface area contributed by atoms with Crippen molar-refractivity contribution < 1.29 is 23.9 Å². The highest BCUT2D eigenvalue weighted by molar-refractivity contribution is 5.83. The Labute approximate surface area is 81.6 Å². The van der Waals surface area contributed by atoms with Gasteiger partial charge in [0.2, 0.25) is 5.91 Å². The first kappa shape index (κ1) is 12.4. The molecule has 1 N–H and O–H groups in total. The van der Waals surface area contributed by atoms with Crippen LogP contribution in [-0.4, -0.2) is 37.6 Å². The lowest BCUT2D eigenvalue weighted by molar-refractivity contribution is -0.150. The van der Waals surface area contributed by atoms with E-state index in [2.05, 4.69) is 14.8 Å². The van der Waals surface area contributed by atoms with Crippen LogP contribution in [0.2, 0.25) is 0 Å². The van der Waals surface area contributed by atoms with Crippen molar-refractivity contribution in [2.45, 2.75) is 19.9 Å². The van der Waals surface area contributed by atoms with Gasteiger partial charge in [0.25, 0.3) is 0 Å². The number of hydrogen-bond acceptors (Lipinski definition) is 5. The summed E-state index contributed by atoms with van der Waals surface area (Å²) < 4.78 is 8.97. The number of carbonyl (C=O) groups is 3. The highest BCUT2D eigenvalue weighted by Gasteiger charge is 2.21. The summed E-state index contributed by atoms with van der Waals surface area (Å²) in [7, 11) is 1.19. The first-order valence-corrected chi connectivity index (χ1v) is 3.95. The van der Waals surface area contributed by atoms with E-state index in [0.29, 0.717) is 0 Å². The Kier molecular flexibility index (Phi) is 5.28. The monoisotopic (exact) mass is 203 g/mol. The molecule has 0 aromatic rings. The second-order valence-electron chi connectivity index (χ2n) is 2.58. The van der Waals surface area contributed by atoms with Gasteiger partial charge in [-0.2, -0.15) is 0 Å². The van der Waals surface area contributed by atoms with Gasteiger partial charge in [0.15, 0.2) is 6.04 Å².